The second-order valence-electron chi connectivity index (χ2n) is 9.00. The van der Waals surface area contributed by atoms with Gasteiger partial charge in [0.15, 0.2) is 4.96 Å². The molecule has 0 bridgehead atoms. The molecule has 7 nitrogen and oxygen atoms in total. The maximum atomic E-state index is 12.9. The molecule has 2 atom stereocenters. The third kappa shape index (κ3) is 5.48. The number of aryl methyl sites for hydroxylation is 1. The van der Waals surface area contributed by atoms with Gasteiger partial charge in [-0.05, 0) is 39.7 Å². The number of hydrogen-bond donors (Lipinski definition) is 1. The van der Waals surface area contributed by atoms with Crippen LogP contribution in [-0.4, -0.2) is 51.5 Å². The molecule has 0 aliphatic carbocycles. The number of imidazole rings is 1. The Labute approximate surface area is 193 Å². The second kappa shape index (κ2) is 9.73. The Morgan fingerprint density at radius 3 is 2.59 bits per heavy atom. The van der Waals surface area contributed by atoms with Gasteiger partial charge < -0.3 is 15.0 Å². The molecule has 0 spiro atoms. The first kappa shape index (κ1) is 23.8. The van der Waals surface area contributed by atoms with Gasteiger partial charge >= 0.3 is 6.09 Å². The number of likely N-dealkylation sites (N-methyl/N-ethyl adjacent to an activating group) is 1. The highest BCUT2D eigenvalue weighted by Gasteiger charge is 2.30. The van der Waals surface area contributed by atoms with Crippen molar-refractivity contribution in [3.05, 3.63) is 58.9 Å². The number of amides is 2. The summed E-state index contributed by atoms with van der Waals surface area (Å²) in [5.41, 5.74) is 1.81. The van der Waals surface area contributed by atoms with E-state index in [4.69, 9.17) is 4.74 Å². The van der Waals surface area contributed by atoms with Crippen LogP contribution in [0.2, 0.25) is 0 Å². The lowest BCUT2D eigenvalue weighted by molar-refractivity contribution is 0.0194. The summed E-state index contributed by atoms with van der Waals surface area (Å²) in [4.78, 5) is 32.6. The van der Waals surface area contributed by atoms with Gasteiger partial charge in [0.05, 0.1) is 5.69 Å². The van der Waals surface area contributed by atoms with E-state index in [9.17, 15) is 9.59 Å². The van der Waals surface area contributed by atoms with Crippen molar-refractivity contribution in [2.75, 3.05) is 13.6 Å². The standard InChI is InChI=1S/C24H32N4O3S/c1-16(18-10-8-7-9-11-18)19(27(6)23(30)31-24(3,4)5)12-13-25-21(29)20-17(2)26-22-28(20)14-15-32-22/h7-11,14-16,19H,12-13H2,1-6H3,(H,25,29)/t16-,19-/m1/s1. The zero-order valence-corrected chi connectivity index (χ0v) is 20.4. The molecule has 0 fully saturated rings. The lowest BCUT2D eigenvalue weighted by Crippen LogP contribution is -2.44. The van der Waals surface area contributed by atoms with Gasteiger partial charge in [0.1, 0.15) is 11.3 Å². The highest BCUT2D eigenvalue weighted by molar-refractivity contribution is 7.15. The molecule has 0 saturated heterocycles. The van der Waals surface area contributed by atoms with Gasteiger partial charge in [-0.15, -0.1) is 11.3 Å². The molecule has 1 aromatic carbocycles. The van der Waals surface area contributed by atoms with E-state index in [2.05, 4.69) is 29.4 Å². The Kier molecular flexibility index (Phi) is 7.23. The van der Waals surface area contributed by atoms with E-state index in [0.29, 0.717) is 24.4 Å². The minimum Gasteiger partial charge on any atom is -0.444 e. The molecule has 0 aliphatic rings. The number of rotatable bonds is 7. The minimum absolute atomic E-state index is 0.0610. The molecular formula is C24H32N4O3S. The van der Waals surface area contributed by atoms with E-state index in [1.54, 1.807) is 11.9 Å². The van der Waals surface area contributed by atoms with Crippen molar-refractivity contribution in [2.24, 2.45) is 0 Å². The lowest BCUT2D eigenvalue weighted by atomic mass is 9.90. The zero-order valence-electron chi connectivity index (χ0n) is 19.6. The topological polar surface area (TPSA) is 75.9 Å². The fraction of sp³-hybridized carbons (Fsp3) is 0.458. The van der Waals surface area contributed by atoms with Crippen molar-refractivity contribution in [3.8, 4) is 0 Å². The number of carbonyl (C=O) groups excluding carboxylic acids is 2. The van der Waals surface area contributed by atoms with E-state index >= 15 is 0 Å². The molecule has 8 heteroatoms. The van der Waals surface area contributed by atoms with E-state index in [-0.39, 0.29) is 24.0 Å². The van der Waals surface area contributed by atoms with Crippen LogP contribution in [0.3, 0.4) is 0 Å². The molecule has 3 rings (SSSR count). The Bertz CT molecular complexity index is 1070. The van der Waals surface area contributed by atoms with Gasteiger partial charge in [0.25, 0.3) is 5.91 Å². The van der Waals surface area contributed by atoms with Gasteiger partial charge in [0, 0.05) is 37.1 Å². The van der Waals surface area contributed by atoms with E-state index in [1.165, 1.54) is 11.3 Å². The number of aromatic nitrogens is 2. The summed E-state index contributed by atoms with van der Waals surface area (Å²) >= 11 is 1.50. The highest BCUT2D eigenvalue weighted by Crippen LogP contribution is 2.26. The fourth-order valence-electron chi connectivity index (χ4n) is 3.81. The normalized spacial score (nSPS) is 13.6. The first-order valence-corrected chi connectivity index (χ1v) is 11.7. The molecular weight excluding hydrogens is 424 g/mol. The Morgan fingerprint density at radius 1 is 1.25 bits per heavy atom. The largest absolute Gasteiger partial charge is 0.444 e. The van der Waals surface area contributed by atoms with Crippen LogP contribution in [0.25, 0.3) is 4.96 Å². The van der Waals surface area contributed by atoms with Crippen LogP contribution >= 0.6 is 11.3 Å². The number of benzene rings is 1. The van der Waals surface area contributed by atoms with Crippen LogP contribution in [0.5, 0.6) is 0 Å². The quantitative estimate of drug-likeness (QED) is 0.551. The molecule has 0 unspecified atom stereocenters. The summed E-state index contributed by atoms with van der Waals surface area (Å²) in [6.45, 7) is 9.92. The van der Waals surface area contributed by atoms with Crippen LogP contribution in [0.4, 0.5) is 4.79 Å². The molecule has 3 aromatic rings. The monoisotopic (exact) mass is 456 g/mol. The lowest BCUT2D eigenvalue weighted by Gasteiger charge is -2.34. The van der Waals surface area contributed by atoms with Gasteiger partial charge in [-0.1, -0.05) is 37.3 Å². The Balaban J connectivity index is 1.73. The van der Waals surface area contributed by atoms with Crippen LogP contribution in [-0.2, 0) is 4.74 Å². The van der Waals surface area contributed by atoms with Gasteiger partial charge in [-0.25, -0.2) is 9.78 Å². The predicted molar refractivity (Wildman–Crippen MR) is 127 cm³/mol. The van der Waals surface area contributed by atoms with Gasteiger partial charge in [0.2, 0.25) is 0 Å². The minimum atomic E-state index is -0.578. The average molecular weight is 457 g/mol. The highest BCUT2D eigenvalue weighted by atomic mass is 32.1. The smallest absolute Gasteiger partial charge is 0.410 e. The Morgan fingerprint density at radius 2 is 1.94 bits per heavy atom. The van der Waals surface area contributed by atoms with Crippen molar-refractivity contribution in [3.63, 3.8) is 0 Å². The van der Waals surface area contributed by atoms with Gasteiger partial charge in [-0.3, -0.25) is 9.20 Å². The molecule has 172 valence electrons. The number of hydrogen-bond acceptors (Lipinski definition) is 5. The summed E-state index contributed by atoms with van der Waals surface area (Å²) in [6, 6.07) is 9.92. The van der Waals surface area contributed by atoms with E-state index < -0.39 is 5.60 Å². The predicted octanol–water partition coefficient (Wildman–Crippen LogP) is 4.86. The fourth-order valence-corrected chi connectivity index (χ4v) is 4.57. The maximum Gasteiger partial charge on any atom is 0.410 e. The van der Waals surface area contributed by atoms with Crippen molar-refractivity contribution in [1.29, 1.82) is 0 Å². The molecule has 2 amide bonds. The van der Waals surface area contributed by atoms with Crippen LogP contribution in [0.1, 0.15) is 61.8 Å². The van der Waals surface area contributed by atoms with Crippen molar-refractivity contribution < 1.29 is 14.3 Å². The Hall–Kier alpha value is -2.87. The van der Waals surface area contributed by atoms with Crippen molar-refractivity contribution >= 4 is 28.3 Å². The zero-order chi connectivity index (χ0) is 23.5. The third-order valence-corrected chi connectivity index (χ3v) is 6.22. The molecule has 0 aliphatic heterocycles. The molecule has 2 aromatic heterocycles. The van der Waals surface area contributed by atoms with Crippen LogP contribution < -0.4 is 5.32 Å². The van der Waals surface area contributed by atoms with Gasteiger partial charge in [-0.2, -0.15) is 0 Å². The number of ether oxygens (including phenoxy) is 1. The third-order valence-electron chi connectivity index (χ3n) is 5.46. The summed E-state index contributed by atoms with van der Waals surface area (Å²) < 4.78 is 7.41. The van der Waals surface area contributed by atoms with Crippen molar-refractivity contribution in [1.82, 2.24) is 19.6 Å². The summed E-state index contributed by atoms with van der Waals surface area (Å²) in [5.74, 6) is -0.106. The van der Waals surface area contributed by atoms with E-state index in [1.807, 2.05) is 61.9 Å². The molecule has 2 heterocycles. The SMILES string of the molecule is Cc1nc2sccn2c1C(=O)NCC[C@H]([C@H](C)c1ccccc1)N(C)C(=O)OC(C)(C)C. The van der Waals surface area contributed by atoms with Crippen LogP contribution in [0.15, 0.2) is 41.9 Å². The first-order valence-electron chi connectivity index (χ1n) is 10.8. The molecule has 0 saturated carbocycles. The van der Waals surface area contributed by atoms with E-state index in [0.717, 1.165) is 10.5 Å². The number of nitrogens with zero attached hydrogens (tertiary/aromatic N) is 3. The number of nitrogens with one attached hydrogen (secondary N) is 1. The number of fused-ring (bicyclic) bond motifs is 1. The number of carbonyl (C=O) groups is 2. The summed E-state index contributed by atoms with van der Waals surface area (Å²) in [6.07, 6.45) is 2.07. The first-order chi connectivity index (χ1) is 15.1. The molecule has 1 N–H and O–H groups in total. The molecule has 32 heavy (non-hydrogen) atoms. The van der Waals surface area contributed by atoms with Crippen LogP contribution in [0, 0.1) is 6.92 Å². The maximum absolute atomic E-state index is 12.9. The number of thiazole rings is 1. The average Bonchev–Trinajstić information content (AvgIpc) is 3.29. The summed E-state index contributed by atoms with van der Waals surface area (Å²) in [5, 5.41) is 4.92. The second-order valence-corrected chi connectivity index (χ2v) is 9.88. The molecule has 0 radical (unpaired) electrons. The summed E-state index contributed by atoms with van der Waals surface area (Å²) in [7, 11) is 1.76. The van der Waals surface area contributed by atoms with Crippen molar-refractivity contribution in [2.45, 2.75) is 58.6 Å².